The summed E-state index contributed by atoms with van der Waals surface area (Å²) < 4.78 is 0. The SMILES string of the molecule is [N-]=C=O.[N-]=C=O.[N-]=C=O.[Si]Cc1ccccc1. The van der Waals surface area contributed by atoms with E-state index in [1.54, 1.807) is 0 Å². The Morgan fingerprint density at radius 3 is 1.35 bits per heavy atom. The van der Waals surface area contributed by atoms with E-state index in [0.717, 1.165) is 6.04 Å². The Hall–Kier alpha value is -2.42. The summed E-state index contributed by atoms with van der Waals surface area (Å²) in [6.07, 6.45) is 1.50. The van der Waals surface area contributed by atoms with Crippen molar-refractivity contribution in [3.8, 4) is 0 Å². The Balaban J connectivity index is -0.000000184. The molecule has 87 valence electrons. The Labute approximate surface area is 102 Å². The summed E-state index contributed by atoms with van der Waals surface area (Å²) in [4.78, 5) is 24.7. The molecule has 0 amide bonds. The lowest BCUT2D eigenvalue weighted by Gasteiger charge is -1.89. The van der Waals surface area contributed by atoms with E-state index in [4.69, 9.17) is 30.6 Å². The van der Waals surface area contributed by atoms with Gasteiger partial charge in [-0.15, -0.1) is 0 Å². The van der Waals surface area contributed by atoms with Crippen molar-refractivity contribution < 1.29 is 14.4 Å². The fourth-order valence-electron chi connectivity index (χ4n) is 0.596. The minimum atomic E-state index is 0.500. The second-order valence-corrected chi connectivity index (χ2v) is 2.29. The van der Waals surface area contributed by atoms with Crippen LogP contribution in [0.4, 0.5) is 0 Å². The highest BCUT2D eigenvalue weighted by atomic mass is 28.1. The Morgan fingerprint density at radius 1 is 0.882 bits per heavy atom. The quantitative estimate of drug-likeness (QED) is 0.417. The third-order valence-electron chi connectivity index (χ3n) is 1.05. The molecule has 0 atom stereocenters. The zero-order valence-corrected chi connectivity index (χ0v) is 9.66. The largest absolute Gasteiger partial charge is 0.724 e. The minimum absolute atomic E-state index is 0.500. The maximum Gasteiger partial charge on any atom is 0.0283 e. The Bertz CT molecular complexity index is 335. The predicted octanol–water partition coefficient (Wildman–Crippen LogP) is 1.03. The molecule has 1 rings (SSSR count). The van der Waals surface area contributed by atoms with Crippen LogP contribution in [0.1, 0.15) is 5.56 Å². The van der Waals surface area contributed by atoms with Gasteiger partial charge in [-0.1, -0.05) is 35.9 Å². The molecule has 0 saturated heterocycles. The van der Waals surface area contributed by atoms with Crippen molar-refractivity contribution >= 4 is 28.5 Å². The second kappa shape index (κ2) is 23.4. The highest BCUT2D eigenvalue weighted by Gasteiger charge is 1.80. The van der Waals surface area contributed by atoms with Crippen LogP contribution in [-0.4, -0.2) is 28.5 Å². The van der Waals surface area contributed by atoms with Gasteiger partial charge in [-0.25, -0.2) is 0 Å². The molecule has 0 bridgehead atoms. The highest BCUT2D eigenvalue weighted by molar-refractivity contribution is 6.08. The first-order valence-corrected chi connectivity index (χ1v) is 4.61. The summed E-state index contributed by atoms with van der Waals surface area (Å²) in [7, 11) is 3.40. The van der Waals surface area contributed by atoms with Gasteiger partial charge in [0.2, 0.25) is 0 Å². The molecule has 0 heterocycles. The summed E-state index contributed by atoms with van der Waals surface area (Å²) in [5, 5.41) is 20.3. The van der Waals surface area contributed by atoms with Crippen LogP contribution in [-0.2, 0) is 20.4 Å². The molecule has 0 aliphatic heterocycles. The van der Waals surface area contributed by atoms with E-state index < -0.39 is 0 Å². The predicted molar refractivity (Wildman–Crippen MR) is 63.1 cm³/mol. The molecule has 3 radical (unpaired) electrons. The summed E-state index contributed by atoms with van der Waals surface area (Å²) in [6, 6.07) is 11.2. The number of benzene rings is 1. The molecule has 7 heteroatoms. The van der Waals surface area contributed by atoms with Crippen LogP contribution in [0.15, 0.2) is 30.3 Å². The topological polar surface area (TPSA) is 118 Å². The molecule has 0 aliphatic carbocycles. The first kappa shape index (κ1) is 20.0. The zero-order chi connectivity index (χ0) is 13.9. The summed E-state index contributed by atoms with van der Waals surface area (Å²) in [5.74, 6) is 0. The van der Waals surface area contributed by atoms with Gasteiger partial charge in [0.1, 0.15) is 0 Å². The van der Waals surface area contributed by atoms with Crippen LogP contribution in [0.25, 0.3) is 16.2 Å². The van der Waals surface area contributed by atoms with Gasteiger partial charge in [-0.05, 0) is 24.3 Å². The molecule has 6 nitrogen and oxygen atoms in total. The van der Waals surface area contributed by atoms with Crippen LogP contribution in [0, 0.1) is 0 Å². The monoisotopic (exact) mass is 245 g/mol. The summed E-state index contributed by atoms with van der Waals surface area (Å²) in [6.45, 7) is 0. The van der Waals surface area contributed by atoms with Gasteiger partial charge in [0.15, 0.2) is 0 Å². The number of rotatable bonds is 1. The maximum absolute atomic E-state index is 8.24. The number of isocyanates is 3. The average molecular weight is 245 g/mol. The lowest BCUT2D eigenvalue weighted by atomic mass is 10.2. The zero-order valence-electron chi connectivity index (χ0n) is 8.66. The smallest absolute Gasteiger partial charge is 0.0283 e. The van der Waals surface area contributed by atoms with Crippen LogP contribution in [0.3, 0.4) is 0 Å². The van der Waals surface area contributed by atoms with Crippen LogP contribution in [0.5, 0.6) is 0 Å². The molecule has 0 aromatic heterocycles. The Kier molecular flexibility index (Phi) is 27.6. The van der Waals surface area contributed by atoms with Crippen LogP contribution < -0.4 is 0 Å². The van der Waals surface area contributed by atoms with E-state index in [0.29, 0.717) is 18.2 Å². The van der Waals surface area contributed by atoms with Crippen molar-refractivity contribution in [3.63, 3.8) is 0 Å². The normalized spacial score (nSPS) is 5.71. The van der Waals surface area contributed by atoms with E-state index in [1.165, 1.54) is 5.56 Å². The highest BCUT2D eigenvalue weighted by Crippen LogP contribution is 1.95. The van der Waals surface area contributed by atoms with Gasteiger partial charge < -0.3 is 16.2 Å². The van der Waals surface area contributed by atoms with E-state index >= 15 is 0 Å². The molecule has 0 fully saturated rings. The van der Waals surface area contributed by atoms with Crippen LogP contribution in [0.2, 0.25) is 0 Å². The van der Waals surface area contributed by atoms with Gasteiger partial charge in [0.25, 0.3) is 0 Å². The molecule has 0 unspecified atom stereocenters. The fourth-order valence-corrected chi connectivity index (χ4v) is 0.832. The van der Waals surface area contributed by atoms with Crippen LogP contribution >= 0.6 is 0 Å². The standard InChI is InChI=1S/C7H7Si.3CNO/c8-6-7-4-2-1-3-5-7;3*2-1-3/h1-5H,6H2;;;/q;3*-1. The number of nitrogens with zero attached hydrogens (tertiary/aromatic N) is 3. The third kappa shape index (κ3) is 31.7. The molecule has 0 saturated carbocycles. The van der Waals surface area contributed by atoms with Gasteiger partial charge in [-0.2, -0.15) is 0 Å². The van der Waals surface area contributed by atoms with Crippen molar-refractivity contribution in [2.75, 3.05) is 0 Å². The molecule has 0 aliphatic rings. The Morgan fingerprint density at radius 2 is 1.18 bits per heavy atom. The average Bonchev–Trinajstić information content (AvgIpc) is 2.33. The van der Waals surface area contributed by atoms with E-state index in [-0.39, 0.29) is 0 Å². The lowest BCUT2D eigenvalue weighted by Crippen LogP contribution is -1.78. The van der Waals surface area contributed by atoms with E-state index in [1.807, 2.05) is 18.2 Å². The van der Waals surface area contributed by atoms with Crippen molar-refractivity contribution in [1.82, 2.24) is 0 Å². The third-order valence-corrected chi connectivity index (χ3v) is 1.46. The van der Waals surface area contributed by atoms with E-state index in [9.17, 15) is 0 Å². The molecule has 17 heavy (non-hydrogen) atoms. The molecule has 1 aromatic rings. The van der Waals surface area contributed by atoms with E-state index in [2.05, 4.69) is 22.4 Å². The number of hydrogen-bond acceptors (Lipinski definition) is 3. The van der Waals surface area contributed by atoms with Crippen molar-refractivity contribution in [2.45, 2.75) is 6.04 Å². The molecular formula is C10H7N3O3Si-3. The summed E-state index contributed by atoms with van der Waals surface area (Å²) >= 11 is 0. The van der Waals surface area contributed by atoms with Crippen molar-refractivity contribution in [3.05, 3.63) is 52.1 Å². The lowest BCUT2D eigenvalue weighted by molar-refractivity contribution is 0.568. The fraction of sp³-hybridized carbons (Fsp3) is 0.100. The van der Waals surface area contributed by atoms with Gasteiger partial charge >= 0.3 is 0 Å². The first-order valence-electron chi connectivity index (χ1n) is 3.90. The molecule has 1 aromatic carbocycles. The molecule has 0 N–H and O–H groups in total. The number of hydrogen-bond donors (Lipinski definition) is 0. The summed E-state index contributed by atoms with van der Waals surface area (Å²) in [5.41, 5.74) is 1.32. The van der Waals surface area contributed by atoms with Crippen molar-refractivity contribution in [2.24, 2.45) is 0 Å². The number of carbonyl (C=O) groups excluding carboxylic acids is 3. The molecule has 0 spiro atoms. The second-order valence-electron chi connectivity index (χ2n) is 1.94. The van der Waals surface area contributed by atoms with Gasteiger partial charge in [0, 0.05) is 10.2 Å². The van der Waals surface area contributed by atoms with Gasteiger partial charge in [0.05, 0.1) is 0 Å². The van der Waals surface area contributed by atoms with Gasteiger partial charge in [-0.3, -0.25) is 14.4 Å². The maximum atomic E-state index is 8.24. The molecular weight excluding hydrogens is 238 g/mol. The van der Waals surface area contributed by atoms with Crippen molar-refractivity contribution in [1.29, 1.82) is 0 Å². The first-order chi connectivity index (χ1) is 8.17. The minimum Gasteiger partial charge on any atom is -0.724 e.